The summed E-state index contributed by atoms with van der Waals surface area (Å²) >= 11 is 0. The molecule has 22 heavy (non-hydrogen) atoms. The summed E-state index contributed by atoms with van der Waals surface area (Å²) in [5.74, 6) is 0.883. The smallest absolute Gasteiger partial charge is 0.118 e. The van der Waals surface area contributed by atoms with Crippen LogP contribution in [0.1, 0.15) is 31.7 Å². The zero-order valence-corrected chi connectivity index (χ0v) is 13.8. The SMILES string of the molecule is C=CCC(O)(CC=C)CNC(C)CCc1ccc(OC)cc1. The molecule has 0 bridgehead atoms. The van der Waals surface area contributed by atoms with Gasteiger partial charge in [-0.1, -0.05) is 24.3 Å². The van der Waals surface area contributed by atoms with E-state index in [-0.39, 0.29) is 0 Å². The second kappa shape index (κ2) is 9.44. The molecule has 0 saturated heterocycles. The number of rotatable bonds is 11. The van der Waals surface area contributed by atoms with Gasteiger partial charge in [-0.15, -0.1) is 13.2 Å². The van der Waals surface area contributed by atoms with E-state index in [4.69, 9.17) is 4.74 Å². The number of nitrogens with one attached hydrogen (secondary N) is 1. The molecule has 0 aliphatic heterocycles. The Morgan fingerprint density at radius 2 is 1.82 bits per heavy atom. The third-order valence-electron chi connectivity index (χ3n) is 3.85. The largest absolute Gasteiger partial charge is 0.497 e. The number of hydrogen-bond acceptors (Lipinski definition) is 3. The zero-order valence-electron chi connectivity index (χ0n) is 13.8. The number of methoxy groups -OCH3 is 1. The molecule has 0 radical (unpaired) electrons. The van der Waals surface area contributed by atoms with Crippen LogP contribution in [-0.2, 0) is 6.42 Å². The molecule has 0 saturated carbocycles. The number of aryl methyl sites for hydroxylation is 1. The van der Waals surface area contributed by atoms with Gasteiger partial charge in [0.05, 0.1) is 12.7 Å². The Morgan fingerprint density at radius 3 is 2.32 bits per heavy atom. The van der Waals surface area contributed by atoms with E-state index in [0.29, 0.717) is 25.4 Å². The predicted molar refractivity (Wildman–Crippen MR) is 93.4 cm³/mol. The first kappa shape index (κ1) is 18.5. The van der Waals surface area contributed by atoms with Crippen LogP contribution in [0.5, 0.6) is 5.75 Å². The first-order valence-electron chi connectivity index (χ1n) is 7.83. The van der Waals surface area contributed by atoms with E-state index < -0.39 is 5.60 Å². The van der Waals surface area contributed by atoms with Crippen LogP contribution in [0.2, 0.25) is 0 Å². The maximum absolute atomic E-state index is 10.5. The van der Waals surface area contributed by atoms with Crippen molar-refractivity contribution in [1.29, 1.82) is 0 Å². The van der Waals surface area contributed by atoms with Crippen molar-refractivity contribution < 1.29 is 9.84 Å². The summed E-state index contributed by atoms with van der Waals surface area (Å²) in [5.41, 5.74) is 0.514. The quantitative estimate of drug-likeness (QED) is 0.615. The molecule has 2 N–H and O–H groups in total. The highest BCUT2D eigenvalue weighted by Crippen LogP contribution is 2.17. The van der Waals surface area contributed by atoms with Crippen molar-refractivity contribution in [1.82, 2.24) is 5.32 Å². The second-order valence-electron chi connectivity index (χ2n) is 5.88. The second-order valence-corrected chi connectivity index (χ2v) is 5.88. The lowest BCUT2D eigenvalue weighted by Gasteiger charge is -2.28. The Balaban J connectivity index is 2.39. The van der Waals surface area contributed by atoms with Gasteiger partial charge in [0.25, 0.3) is 0 Å². The van der Waals surface area contributed by atoms with Gasteiger partial charge in [-0.25, -0.2) is 0 Å². The molecule has 0 spiro atoms. The van der Waals surface area contributed by atoms with Gasteiger partial charge in [-0.2, -0.15) is 0 Å². The molecule has 1 unspecified atom stereocenters. The number of aliphatic hydroxyl groups is 1. The lowest BCUT2D eigenvalue weighted by molar-refractivity contribution is 0.0437. The van der Waals surface area contributed by atoms with Crippen LogP contribution in [-0.4, -0.2) is 30.4 Å². The number of hydrogen-bond donors (Lipinski definition) is 2. The van der Waals surface area contributed by atoms with Crippen LogP contribution in [0.4, 0.5) is 0 Å². The predicted octanol–water partition coefficient (Wildman–Crippen LogP) is 3.49. The van der Waals surface area contributed by atoms with Crippen LogP contribution in [0.25, 0.3) is 0 Å². The highest BCUT2D eigenvalue weighted by molar-refractivity contribution is 5.27. The monoisotopic (exact) mass is 303 g/mol. The molecular formula is C19H29NO2. The summed E-state index contributed by atoms with van der Waals surface area (Å²) in [4.78, 5) is 0. The molecule has 0 heterocycles. The van der Waals surface area contributed by atoms with E-state index in [0.717, 1.165) is 18.6 Å². The van der Waals surface area contributed by atoms with Crippen LogP contribution < -0.4 is 10.1 Å². The number of benzene rings is 1. The normalized spacial score (nSPS) is 12.7. The molecule has 3 heteroatoms. The average molecular weight is 303 g/mol. The third-order valence-corrected chi connectivity index (χ3v) is 3.85. The van der Waals surface area contributed by atoms with Crippen molar-refractivity contribution in [3.63, 3.8) is 0 Å². The van der Waals surface area contributed by atoms with Crippen molar-refractivity contribution in [2.45, 2.75) is 44.2 Å². The van der Waals surface area contributed by atoms with E-state index >= 15 is 0 Å². The van der Waals surface area contributed by atoms with Crippen LogP contribution >= 0.6 is 0 Å². The van der Waals surface area contributed by atoms with E-state index in [1.165, 1.54) is 5.56 Å². The topological polar surface area (TPSA) is 41.5 Å². The Bertz CT molecular complexity index is 443. The van der Waals surface area contributed by atoms with Gasteiger partial charge in [0.2, 0.25) is 0 Å². The maximum atomic E-state index is 10.5. The molecule has 0 fully saturated rings. The summed E-state index contributed by atoms with van der Waals surface area (Å²) < 4.78 is 5.16. The fourth-order valence-corrected chi connectivity index (χ4v) is 2.41. The summed E-state index contributed by atoms with van der Waals surface area (Å²) in [5, 5.41) is 13.9. The van der Waals surface area contributed by atoms with Gasteiger partial charge in [0.15, 0.2) is 0 Å². The van der Waals surface area contributed by atoms with Crippen LogP contribution in [0.3, 0.4) is 0 Å². The minimum atomic E-state index is -0.780. The first-order chi connectivity index (χ1) is 10.5. The molecule has 1 aromatic carbocycles. The van der Waals surface area contributed by atoms with E-state index in [1.807, 2.05) is 12.1 Å². The highest BCUT2D eigenvalue weighted by Gasteiger charge is 2.23. The molecule has 122 valence electrons. The van der Waals surface area contributed by atoms with Gasteiger partial charge in [-0.05, 0) is 50.3 Å². The molecule has 0 amide bonds. The third kappa shape index (κ3) is 6.46. The van der Waals surface area contributed by atoms with Gasteiger partial charge in [0, 0.05) is 12.6 Å². The highest BCUT2D eigenvalue weighted by atomic mass is 16.5. The van der Waals surface area contributed by atoms with Gasteiger partial charge >= 0.3 is 0 Å². The van der Waals surface area contributed by atoms with E-state index in [9.17, 15) is 5.11 Å². The standard InChI is InChI=1S/C19H29NO2/c1-5-13-19(21,14-6-2)15-20-16(3)7-8-17-9-11-18(22-4)12-10-17/h5-6,9-12,16,20-21H,1-2,7-8,13-15H2,3-4H3. The maximum Gasteiger partial charge on any atom is 0.118 e. The average Bonchev–Trinajstić information content (AvgIpc) is 2.52. The Kier molecular flexibility index (Phi) is 7.92. The summed E-state index contributed by atoms with van der Waals surface area (Å²) in [7, 11) is 1.68. The molecular weight excluding hydrogens is 274 g/mol. The Morgan fingerprint density at radius 1 is 1.23 bits per heavy atom. The Hall–Kier alpha value is -1.58. The summed E-state index contributed by atoms with van der Waals surface area (Å²) in [6.07, 6.45) is 6.67. The minimum absolute atomic E-state index is 0.336. The fourth-order valence-electron chi connectivity index (χ4n) is 2.41. The van der Waals surface area contributed by atoms with Crippen LogP contribution in [0.15, 0.2) is 49.6 Å². The van der Waals surface area contributed by atoms with E-state index in [1.54, 1.807) is 19.3 Å². The van der Waals surface area contributed by atoms with Crippen LogP contribution in [0, 0.1) is 0 Å². The van der Waals surface area contributed by atoms with Crippen molar-refractivity contribution in [2.24, 2.45) is 0 Å². The summed E-state index contributed by atoms with van der Waals surface area (Å²) in [6.45, 7) is 10.1. The molecule has 3 nitrogen and oxygen atoms in total. The molecule has 0 aliphatic carbocycles. The fraction of sp³-hybridized carbons (Fsp3) is 0.474. The van der Waals surface area contributed by atoms with Crippen molar-refractivity contribution in [2.75, 3.05) is 13.7 Å². The van der Waals surface area contributed by atoms with Gasteiger partial charge < -0.3 is 15.2 Å². The summed E-state index contributed by atoms with van der Waals surface area (Å²) in [6, 6.07) is 8.50. The number of ether oxygens (including phenoxy) is 1. The minimum Gasteiger partial charge on any atom is -0.497 e. The van der Waals surface area contributed by atoms with Crippen molar-refractivity contribution >= 4 is 0 Å². The van der Waals surface area contributed by atoms with E-state index in [2.05, 4.69) is 37.5 Å². The molecule has 0 aliphatic rings. The van der Waals surface area contributed by atoms with Gasteiger partial charge in [-0.3, -0.25) is 0 Å². The Labute approximate surface area is 134 Å². The molecule has 1 atom stereocenters. The molecule has 0 aromatic heterocycles. The molecule has 1 rings (SSSR count). The zero-order chi connectivity index (χ0) is 16.4. The van der Waals surface area contributed by atoms with Gasteiger partial charge in [0.1, 0.15) is 5.75 Å². The lowest BCUT2D eigenvalue weighted by Crippen LogP contribution is -2.43. The lowest BCUT2D eigenvalue weighted by atomic mass is 9.95. The van der Waals surface area contributed by atoms with Crippen molar-refractivity contribution in [3.8, 4) is 5.75 Å². The first-order valence-corrected chi connectivity index (χ1v) is 7.83. The van der Waals surface area contributed by atoms with Crippen molar-refractivity contribution in [3.05, 3.63) is 55.1 Å². The molecule has 1 aromatic rings.